The van der Waals surface area contributed by atoms with Gasteiger partial charge in [-0.25, -0.2) is 4.39 Å². The van der Waals surface area contributed by atoms with Crippen molar-refractivity contribution in [2.75, 3.05) is 26.3 Å². The molecule has 0 bridgehead atoms. The number of ether oxygens (including phenoxy) is 1. The summed E-state index contributed by atoms with van der Waals surface area (Å²) in [5.74, 6) is -0.202. The highest BCUT2D eigenvalue weighted by Gasteiger charge is 2.41. The Bertz CT molecular complexity index is 418. The first-order valence-corrected chi connectivity index (χ1v) is 6.21. The molecule has 0 atom stereocenters. The van der Waals surface area contributed by atoms with Crippen LogP contribution in [0, 0.1) is 12.7 Å². The summed E-state index contributed by atoms with van der Waals surface area (Å²) in [6.45, 7) is 6.62. The van der Waals surface area contributed by atoms with Crippen LogP contribution in [0.4, 0.5) is 4.39 Å². The zero-order valence-corrected chi connectivity index (χ0v) is 10.9. The van der Waals surface area contributed by atoms with Gasteiger partial charge in [-0.3, -0.25) is 0 Å². The zero-order valence-electron chi connectivity index (χ0n) is 10.1. The second kappa shape index (κ2) is 4.92. The van der Waals surface area contributed by atoms with Crippen LogP contribution in [0.25, 0.3) is 0 Å². The Morgan fingerprint density at radius 1 is 1.47 bits per heavy atom. The molecule has 1 aliphatic rings. The Morgan fingerprint density at radius 3 is 2.71 bits per heavy atom. The molecule has 0 unspecified atom stereocenters. The van der Waals surface area contributed by atoms with Crippen molar-refractivity contribution in [3.63, 3.8) is 0 Å². The van der Waals surface area contributed by atoms with Crippen LogP contribution in [0.5, 0.6) is 0 Å². The van der Waals surface area contributed by atoms with Crippen LogP contribution in [-0.2, 0) is 10.2 Å². The van der Waals surface area contributed by atoms with E-state index in [0.29, 0.717) is 23.8 Å². The molecule has 1 aliphatic heterocycles. The van der Waals surface area contributed by atoms with Crippen molar-refractivity contribution in [2.45, 2.75) is 19.3 Å². The maximum absolute atomic E-state index is 13.7. The van der Waals surface area contributed by atoms with Crippen LogP contribution in [0.15, 0.2) is 12.1 Å². The fourth-order valence-corrected chi connectivity index (χ4v) is 2.54. The Morgan fingerprint density at radius 2 is 2.18 bits per heavy atom. The van der Waals surface area contributed by atoms with E-state index in [-0.39, 0.29) is 11.2 Å². The normalized spacial score (nSPS) is 17.9. The molecule has 2 nitrogen and oxygen atoms in total. The number of hydrogen-bond donors (Lipinski definition) is 1. The monoisotopic (exact) mass is 257 g/mol. The van der Waals surface area contributed by atoms with Gasteiger partial charge in [0.05, 0.1) is 18.6 Å². The van der Waals surface area contributed by atoms with Crippen molar-refractivity contribution in [2.24, 2.45) is 0 Å². The SMILES string of the molecule is CCNCC1(c2cc(F)c(C)cc2Cl)COC1. The standard InChI is InChI=1S/C13H17ClFNO/c1-3-16-6-13(7-17-8-13)10-5-12(15)9(2)4-11(10)14/h4-5,16H,3,6-8H2,1-2H3. The fourth-order valence-electron chi connectivity index (χ4n) is 2.12. The van der Waals surface area contributed by atoms with E-state index in [1.165, 1.54) is 0 Å². The molecule has 0 aromatic heterocycles. The molecule has 1 aromatic carbocycles. The van der Waals surface area contributed by atoms with Gasteiger partial charge in [-0.2, -0.15) is 0 Å². The summed E-state index contributed by atoms with van der Waals surface area (Å²) in [5.41, 5.74) is 1.27. The number of benzene rings is 1. The molecule has 0 spiro atoms. The van der Waals surface area contributed by atoms with Gasteiger partial charge in [-0.1, -0.05) is 18.5 Å². The molecular weight excluding hydrogens is 241 g/mol. The van der Waals surface area contributed by atoms with E-state index in [2.05, 4.69) is 5.32 Å². The smallest absolute Gasteiger partial charge is 0.126 e. The van der Waals surface area contributed by atoms with Crippen molar-refractivity contribution in [1.82, 2.24) is 5.32 Å². The predicted octanol–water partition coefficient (Wildman–Crippen LogP) is 2.67. The van der Waals surface area contributed by atoms with Crippen LogP contribution in [0.2, 0.25) is 5.02 Å². The molecule has 1 aromatic rings. The van der Waals surface area contributed by atoms with Crippen LogP contribution in [-0.4, -0.2) is 26.3 Å². The first-order chi connectivity index (χ1) is 8.09. The van der Waals surface area contributed by atoms with Gasteiger partial charge in [0.2, 0.25) is 0 Å². The van der Waals surface area contributed by atoms with Gasteiger partial charge < -0.3 is 10.1 Å². The summed E-state index contributed by atoms with van der Waals surface area (Å²) in [5, 5.41) is 3.92. The Labute approximate surface area is 106 Å². The molecule has 0 aliphatic carbocycles. The van der Waals surface area contributed by atoms with Crippen molar-refractivity contribution in [3.8, 4) is 0 Å². The third-order valence-corrected chi connectivity index (χ3v) is 3.60. The van der Waals surface area contributed by atoms with Crippen LogP contribution >= 0.6 is 11.6 Å². The average molecular weight is 258 g/mol. The largest absolute Gasteiger partial charge is 0.379 e. The van der Waals surface area contributed by atoms with Gasteiger partial charge >= 0.3 is 0 Å². The van der Waals surface area contributed by atoms with E-state index < -0.39 is 0 Å². The van der Waals surface area contributed by atoms with Gasteiger partial charge in [0.1, 0.15) is 5.82 Å². The number of likely N-dealkylation sites (N-methyl/N-ethyl adjacent to an activating group) is 1. The van der Waals surface area contributed by atoms with E-state index in [1.54, 1.807) is 19.1 Å². The lowest BCUT2D eigenvalue weighted by Gasteiger charge is -2.42. The maximum Gasteiger partial charge on any atom is 0.126 e. The van der Waals surface area contributed by atoms with Gasteiger partial charge in [-0.05, 0) is 36.7 Å². The fraction of sp³-hybridized carbons (Fsp3) is 0.538. The van der Waals surface area contributed by atoms with Gasteiger partial charge in [0, 0.05) is 11.6 Å². The Kier molecular flexibility index (Phi) is 3.71. The number of nitrogens with one attached hydrogen (secondary N) is 1. The second-order valence-corrected chi connectivity index (χ2v) is 5.04. The van der Waals surface area contributed by atoms with Crippen LogP contribution < -0.4 is 5.32 Å². The first-order valence-electron chi connectivity index (χ1n) is 5.83. The molecule has 0 radical (unpaired) electrons. The summed E-state index contributed by atoms with van der Waals surface area (Å²) >= 11 is 6.23. The van der Waals surface area contributed by atoms with Gasteiger partial charge in [-0.15, -0.1) is 0 Å². The van der Waals surface area contributed by atoms with Crippen LogP contribution in [0.3, 0.4) is 0 Å². The lowest BCUT2D eigenvalue weighted by molar-refractivity contribution is -0.0588. The van der Waals surface area contributed by atoms with Crippen molar-refractivity contribution in [1.29, 1.82) is 0 Å². The van der Waals surface area contributed by atoms with Gasteiger partial charge in [0.25, 0.3) is 0 Å². The number of halogens is 2. The molecule has 0 saturated carbocycles. The minimum absolute atomic E-state index is 0.165. The van der Waals surface area contributed by atoms with E-state index in [1.807, 2.05) is 6.92 Å². The summed E-state index contributed by atoms with van der Waals surface area (Å²) in [6, 6.07) is 3.25. The highest BCUT2D eigenvalue weighted by atomic mass is 35.5. The average Bonchev–Trinajstić information content (AvgIpc) is 2.23. The minimum atomic E-state index is -0.202. The molecule has 2 rings (SSSR count). The van der Waals surface area contributed by atoms with Gasteiger partial charge in [0.15, 0.2) is 0 Å². The molecule has 94 valence electrons. The van der Waals surface area contributed by atoms with E-state index in [0.717, 1.165) is 18.7 Å². The molecule has 1 N–H and O–H groups in total. The summed E-state index contributed by atoms with van der Waals surface area (Å²) in [7, 11) is 0. The second-order valence-electron chi connectivity index (χ2n) is 4.63. The predicted molar refractivity (Wildman–Crippen MR) is 67.2 cm³/mol. The molecule has 1 fully saturated rings. The molecule has 1 saturated heterocycles. The number of aryl methyl sites for hydroxylation is 1. The molecule has 0 amide bonds. The van der Waals surface area contributed by atoms with E-state index in [4.69, 9.17) is 16.3 Å². The Balaban J connectivity index is 2.34. The van der Waals surface area contributed by atoms with E-state index >= 15 is 0 Å². The lowest BCUT2D eigenvalue weighted by Crippen LogP contribution is -2.53. The molecule has 1 heterocycles. The topological polar surface area (TPSA) is 21.3 Å². The molecule has 4 heteroatoms. The van der Waals surface area contributed by atoms with E-state index in [9.17, 15) is 4.39 Å². The highest BCUT2D eigenvalue weighted by Crippen LogP contribution is 2.37. The lowest BCUT2D eigenvalue weighted by atomic mass is 9.78. The summed E-state index contributed by atoms with van der Waals surface area (Å²) in [6.07, 6.45) is 0. The quantitative estimate of drug-likeness (QED) is 0.896. The minimum Gasteiger partial charge on any atom is -0.379 e. The number of rotatable bonds is 4. The first kappa shape index (κ1) is 12.8. The summed E-state index contributed by atoms with van der Waals surface area (Å²) in [4.78, 5) is 0. The third kappa shape index (κ3) is 2.32. The molecule has 17 heavy (non-hydrogen) atoms. The summed E-state index contributed by atoms with van der Waals surface area (Å²) < 4.78 is 18.9. The van der Waals surface area contributed by atoms with Crippen LogP contribution in [0.1, 0.15) is 18.1 Å². The highest BCUT2D eigenvalue weighted by molar-refractivity contribution is 6.31. The number of hydrogen-bond acceptors (Lipinski definition) is 2. The maximum atomic E-state index is 13.7. The third-order valence-electron chi connectivity index (χ3n) is 3.29. The molecular formula is C13H17ClFNO. The van der Waals surface area contributed by atoms with Crippen molar-refractivity contribution < 1.29 is 9.13 Å². The van der Waals surface area contributed by atoms with Crippen molar-refractivity contribution in [3.05, 3.63) is 34.1 Å². The van der Waals surface area contributed by atoms with Crippen molar-refractivity contribution >= 4 is 11.6 Å². The zero-order chi connectivity index (χ0) is 12.5. The Hall–Kier alpha value is -0.640.